The van der Waals surface area contributed by atoms with Crippen LogP contribution in [-0.4, -0.2) is 55.6 Å². The molecule has 3 aromatic heterocycles. The second-order valence-corrected chi connectivity index (χ2v) is 8.37. The number of rotatable bonds is 5. The van der Waals surface area contributed by atoms with Crippen molar-refractivity contribution in [3.8, 4) is 0 Å². The summed E-state index contributed by atoms with van der Waals surface area (Å²) in [5.41, 5.74) is 2.64. The van der Waals surface area contributed by atoms with Gasteiger partial charge in [-0.25, -0.2) is 4.98 Å². The molecule has 0 saturated carbocycles. The largest absolute Gasteiger partial charge is 0.343 e. The number of hydrogen-bond acceptors (Lipinski definition) is 5. The summed E-state index contributed by atoms with van der Waals surface area (Å²) < 4.78 is 3.86. The number of nitrogens with zero attached hydrogens (tertiary/aromatic N) is 5. The van der Waals surface area contributed by atoms with Gasteiger partial charge in [0.05, 0.1) is 29.0 Å². The van der Waals surface area contributed by atoms with Crippen molar-refractivity contribution in [1.29, 1.82) is 0 Å². The molecule has 1 aliphatic heterocycles. The maximum absolute atomic E-state index is 13.1. The summed E-state index contributed by atoms with van der Waals surface area (Å²) in [6.45, 7) is 9.13. The zero-order valence-corrected chi connectivity index (χ0v) is 17.5. The topological polar surface area (TPSA) is 79.5 Å². The second kappa shape index (κ2) is 7.61. The molecular formula is C21H29N7O. The first-order chi connectivity index (χ1) is 13.8. The molecule has 1 saturated heterocycles. The zero-order valence-electron chi connectivity index (χ0n) is 17.5. The highest BCUT2D eigenvalue weighted by Crippen LogP contribution is 2.22. The molecule has 4 rings (SSSR count). The number of hydrogen-bond donors (Lipinski definition) is 2. The zero-order chi connectivity index (χ0) is 20.6. The first-order valence-electron chi connectivity index (χ1n) is 10.0. The Hall–Kier alpha value is -2.71. The minimum atomic E-state index is -0.595. The molecule has 154 valence electrons. The van der Waals surface area contributed by atoms with Crippen LogP contribution in [0.4, 0.5) is 0 Å². The van der Waals surface area contributed by atoms with Crippen LogP contribution in [0.1, 0.15) is 30.9 Å². The third-order valence-electron chi connectivity index (χ3n) is 5.51. The maximum atomic E-state index is 13.1. The number of nitrogens with one attached hydrogen (secondary N) is 2. The van der Waals surface area contributed by atoms with Crippen molar-refractivity contribution < 1.29 is 4.79 Å². The van der Waals surface area contributed by atoms with E-state index in [-0.39, 0.29) is 11.9 Å². The molecule has 29 heavy (non-hydrogen) atoms. The van der Waals surface area contributed by atoms with Crippen molar-refractivity contribution in [2.75, 3.05) is 19.6 Å². The average molecular weight is 396 g/mol. The van der Waals surface area contributed by atoms with Crippen molar-refractivity contribution in [1.82, 2.24) is 34.7 Å². The van der Waals surface area contributed by atoms with Crippen LogP contribution in [0.3, 0.4) is 0 Å². The van der Waals surface area contributed by atoms with Gasteiger partial charge < -0.3 is 15.0 Å². The van der Waals surface area contributed by atoms with Gasteiger partial charge in [0.1, 0.15) is 5.82 Å². The fraction of sp³-hybridized carbons (Fsp3) is 0.476. The number of pyridine rings is 1. The number of amides is 1. The minimum absolute atomic E-state index is 0.00914. The third-order valence-corrected chi connectivity index (χ3v) is 5.51. The highest BCUT2D eigenvalue weighted by Gasteiger charge is 2.32. The normalized spacial score (nSPS) is 18.3. The molecule has 0 radical (unpaired) electrons. The van der Waals surface area contributed by atoms with Gasteiger partial charge in [-0.15, -0.1) is 0 Å². The predicted molar refractivity (Wildman–Crippen MR) is 111 cm³/mol. The summed E-state index contributed by atoms with van der Waals surface area (Å²) in [7, 11) is 1.92. The molecule has 4 heterocycles. The molecule has 3 aromatic rings. The van der Waals surface area contributed by atoms with Crippen LogP contribution in [0, 0.1) is 6.92 Å². The van der Waals surface area contributed by atoms with Gasteiger partial charge in [-0.2, -0.15) is 5.10 Å². The quantitative estimate of drug-likeness (QED) is 0.679. The Morgan fingerprint density at radius 1 is 1.34 bits per heavy atom. The van der Waals surface area contributed by atoms with E-state index in [4.69, 9.17) is 0 Å². The van der Waals surface area contributed by atoms with E-state index in [1.54, 1.807) is 4.68 Å². The van der Waals surface area contributed by atoms with Crippen molar-refractivity contribution in [3.05, 3.63) is 53.9 Å². The number of carbonyl (C=O) groups excluding carboxylic acids is 1. The van der Waals surface area contributed by atoms with Gasteiger partial charge in [0.2, 0.25) is 5.91 Å². The lowest BCUT2D eigenvalue weighted by Crippen LogP contribution is -2.59. The molecule has 0 aliphatic carbocycles. The van der Waals surface area contributed by atoms with Crippen molar-refractivity contribution in [2.45, 2.75) is 38.9 Å². The fourth-order valence-electron chi connectivity index (χ4n) is 3.98. The highest BCUT2D eigenvalue weighted by molar-refractivity contribution is 5.83. The predicted octanol–water partition coefficient (Wildman–Crippen LogP) is 1.20. The Bertz CT molecular complexity index is 1020. The van der Waals surface area contributed by atoms with E-state index in [2.05, 4.69) is 43.0 Å². The van der Waals surface area contributed by atoms with Crippen LogP contribution in [-0.2, 0) is 23.9 Å². The van der Waals surface area contributed by atoms with Crippen molar-refractivity contribution >= 4 is 11.4 Å². The number of aromatic nitrogens is 4. The average Bonchev–Trinajstić information content (AvgIpc) is 3.29. The number of fused-ring (bicyclic) bond motifs is 1. The van der Waals surface area contributed by atoms with Gasteiger partial charge in [-0.3, -0.25) is 14.4 Å². The molecule has 0 aromatic carbocycles. The second-order valence-electron chi connectivity index (χ2n) is 8.37. The standard InChI is InChI=1S/C21H29N7O/c1-15-6-5-9-28-18(15)12-23-20(28)21(2,3)24-19(29)17-14-27(11-8-22-17)13-16-7-10-26(4)25-16/h5-7,9-10,12,17,22H,8,11,13-14H2,1-4H3,(H,24,29)/t17-/m0/s1. The SMILES string of the molecule is Cc1cccn2c(C(C)(C)NC(=O)[C@@H]3CN(Cc4ccn(C)n4)CCN3)ncc12. The molecule has 8 nitrogen and oxygen atoms in total. The number of carbonyl (C=O) groups is 1. The first-order valence-corrected chi connectivity index (χ1v) is 10.0. The molecule has 0 spiro atoms. The van der Waals surface area contributed by atoms with Crippen LogP contribution < -0.4 is 10.6 Å². The van der Waals surface area contributed by atoms with Crippen LogP contribution in [0.5, 0.6) is 0 Å². The van der Waals surface area contributed by atoms with Crippen LogP contribution in [0.25, 0.3) is 5.52 Å². The van der Waals surface area contributed by atoms with E-state index in [9.17, 15) is 4.79 Å². The summed E-state index contributed by atoms with van der Waals surface area (Å²) in [5, 5.41) is 11.0. The Morgan fingerprint density at radius 2 is 2.17 bits per heavy atom. The van der Waals surface area contributed by atoms with Gasteiger partial charge in [0, 0.05) is 45.6 Å². The van der Waals surface area contributed by atoms with Gasteiger partial charge in [0.25, 0.3) is 0 Å². The monoisotopic (exact) mass is 395 g/mol. The summed E-state index contributed by atoms with van der Waals surface area (Å²) in [4.78, 5) is 19.9. The van der Waals surface area contributed by atoms with E-state index in [1.165, 1.54) is 0 Å². The van der Waals surface area contributed by atoms with Gasteiger partial charge >= 0.3 is 0 Å². The van der Waals surface area contributed by atoms with Gasteiger partial charge in [-0.05, 0) is 38.5 Å². The Morgan fingerprint density at radius 3 is 2.93 bits per heavy atom. The third kappa shape index (κ3) is 4.04. The van der Waals surface area contributed by atoms with E-state index >= 15 is 0 Å². The molecule has 8 heteroatoms. The molecule has 1 amide bonds. The van der Waals surface area contributed by atoms with Crippen LogP contribution >= 0.6 is 0 Å². The minimum Gasteiger partial charge on any atom is -0.343 e. The molecule has 1 fully saturated rings. The summed E-state index contributed by atoms with van der Waals surface area (Å²) in [5.74, 6) is 0.816. The number of imidazole rings is 1. The maximum Gasteiger partial charge on any atom is 0.239 e. The van der Waals surface area contributed by atoms with Crippen molar-refractivity contribution in [3.63, 3.8) is 0 Å². The summed E-state index contributed by atoms with van der Waals surface area (Å²) >= 11 is 0. The van der Waals surface area contributed by atoms with Crippen LogP contribution in [0.15, 0.2) is 36.8 Å². The highest BCUT2D eigenvalue weighted by atomic mass is 16.2. The lowest BCUT2D eigenvalue weighted by Gasteiger charge is -2.34. The van der Waals surface area contributed by atoms with Crippen molar-refractivity contribution in [2.24, 2.45) is 7.05 Å². The molecular weight excluding hydrogens is 366 g/mol. The lowest BCUT2D eigenvalue weighted by molar-refractivity contribution is -0.126. The summed E-state index contributed by atoms with van der Waals surface area (Å²) in [6, 6.07) is 5.82. The number of piperazine rings is 1. The van der Waals surface area contributed by atoms with E-state index in [0.29, 0.717) is 6.54 Å². The first kappa shape index (κ1) is 19.6. The van der Waals surface area contributed by atoms with E-state index in [1.807, 2.05) is 51.6 Å². The molecule has 1 atom stereocenters. The van der Waals surface area contributed by atoms with Crippen LogP contribution in [0.2, 0.25) is 0 Å². The van der Waals surface area contributed by atoms with Gasteiger partial charge in [0.15, 0.2) is 0 Å². The van der Waals surface area contributed by atoms with E-state index < -0.39 is 5.54 Å². The molecule has 2 N–H and O–H groups in total. The van der Waals surface area contributed by atoms with Gasteiger partial charge in [-0.1, -0.05) is 6.07 Å². The number of aryl methyl sites for hydroxylation is 2. The lowest BCUT2D eigenvalue weighted by atomic mass is 10.0. The molecule has 0 bridgehead atoms. The Labute approximate surface area is 170 Å². The summed E-state index contributed by atoms with van der Waals surface area (Å²) in [6.07, 6.45) is 5.80. The smallest absolute Gasteiger partial charge is 0.239 e. The molecule has 1 aliphatic rings. The Kier molecular flexibility index (Phi) is 5.14. The Balaban J connectivity index is 1.45. The van der Waals surface area contributed by atoms with E-state index in [0.717, 1.165) is 42.2 Å². The molecule has 0 unspecified atom stereocenters. The fourth-order valence-corrected chi connectivity index (χ4v) is 3.98.